The lowest BCUT2D eigenvalue weighted by atomic mass is 9.91. The van der Waals surface area contributed by atoms with Gasteiger partial charge in [-0.15, -0.1) is 0 Å². The van der Waals surface area contributed by atoms with Crippen molar-refractivity contribution in [3.63, 3.8) is 0 Å². The second-order valence-electron chi connectivity index (χ2n) is 14.8. The van der Waals surface area contributed by atoms with Gasteiger partial charge < -0.3 is 4.57 Å². The molecule has 0 atom stereocenters. The molecule has 8 aromatic carbocycles. The van der Waals surface area contributed by atoms with Gasteiger partial charge in [0.15, 0.2) is 17.5 Å². The predicted molar refractivity (Wildman–Crippen MR) is 237 cm³/mol. The molecule has 0 fully saturated rings. The molecule has 0 saturated carbocycles. The number of alkyl halides is 3. The van der Waals surface area contributed by atoms with Crippen LogP contribution >= 0.6 is 0 Å². The summed E-state index contributed by atoms with van der Waals surface area (Å²) in [5.74, 6) is 1.45. The van der Waals surface area contributed by atoms with Crippen molar-refractivity contribution in [1.29, 1.82) is 0 Å². The van der Waals surface area contributed by atoms with Gasteiger partial charge in [0.2, 0.25) is 0 Å². The van der Waals surface area contributed by atoms with Crippen LogP contribution in [0.2, 0.25) is 0 Å². The first kappa shape index (κ1) is 36.7. The van der Waals surface area contributed by atoms with Crippen molar-refractivity contribution in [3.05, 3.63) is 205 Å². The molecule has 10 rings (SSSR count). The monoisotopic (exact) mass is 784 g/mol. The molecule has 0 saturated heterocycles. The van der Waals surface area contributed by atoms with Crippen LogP contribution in [0.5, 0.6) is 0 Å². The Kier molecular flexibility index (Phi) is 9.14. The highest BCUT2D eigenvalue weighted by atomic mass is 19.4. The standard InChI is InChI=1S/C53H35F3N4/c1-34-21-23-36(24-22-34)44-32-41(52-58-50(38-15-7-3-8-16-38)57-51(59-52)39-17-9-4-10-18-39)33-45(37-25-28-42(29-26-37)53(54,55)56)49(44)60-47-20-12-11-19-43(47)46-31-40(27-30-48(46)60)35-13-5-2-6-14-35/h2-33H,1H3. The van der Waals surface area contributed by atoms with E-state index in [0.717, 1.165) is 84.1 Å². The summed E-state index contributed by atoms with van der Waals surface area (Å²) in [5, 5.41) is 2.11. The van der Waals surface area contributed by atoms with Crippen molar-refractivity contribution < 1.29 is 13.2 Å². The minimum absolute atomic E-state index is 0.436. The Hall–Kier alpha value is -7.64. The number of halogens is 3. The summed E-state index contributed by atoms with van der Waals surface area (Å²) in [6.45, 7) is 2.05. The van der Waals surface area contributed by atoms with Crippen LogP contribution in [0.25, 0.3) is 95.0 Å². The number of aromatic nitrogens is 4. The Balaban J connectivity index is 1.31. The van der Waals surface area contributed by atoms with Crippen LogP contribution in [-0.2, 0) is 6.18 Å². The van der Waals surface area contributed by atoms with E-state index in [1.54, 1.807) is 12.1 Å². The van der Waals surface area contributed by atoms with Crippen LogP contribution in [0, 0.1) is 6.92 Å². The van der Waals surface area contributed by atoms with E-state index in [1.165, 1.54) is 0 Å². The Bertz CT molecular complexity index is 3100. The largest absolute Gasteiger partial charge is 0.416 e. The summed E-state index contributed by atoms with van der Waals surface area (Å²) in [6.07, 6.45) is -4.49. The first-order valence-electron chi connectivity index (χ1n) is 19.7. The molecule has 0 spiro atoms. The lowest BCUT2D eigenvalue weighted by Gasteiger charge is -2.21. The number of para-hydroxylation sites is 1. The third-order valence-corrected chi connectivity index (χ3v) is 11.0. The summed E-state index contributed by atoms with van der Waals surface area (Å²) in [6, 6.07) is 62.5. The third kappa shape index (κ3) is 6.80. The zero-order valence-electron chi connectivity index (χ0n) is 32.4. The van der Waals surface area contributed by atoms with E-state index < -0.39 is 11.7 Å². The van der Waals surface area contributed by atoms with Crippen LogP contribution < -0.4 is 0 Å². The fraction of sp³-hybridized carbons (Fsp3) is 0.0377. The van der Waals surface area contributed by atoms with Crippen molar-refractivity contribution in [3.8, 4) is 73.2 Å². The van der Waals surface area contributed by atoms with Gasteiger partial charge in [0.1, 0.15) is 0 Å². The van der Waals surface area contributed by atoms with Gasteiger partial charge in [0.25, 0.3) is 0 Å². The second kappa shape index (κ2) is 14.9. The molecule has 288 valence electrons. The van der Waals surface area contributed by atoms with Gasteiger partial charge in [-0.2, -0.15) is 13.2 Å². The van der Waals surface area contributed by atoms with E-state index in [-0.39, 0.29) is 0 Å². The maximum atomic E-state index is 14.1. The zero-order chi connectivity index (χ0) is 40.8. The highest BCUT2D eigenvalue weighted by Gasteiger charge is 2.30. The SMILES string of the molecule is Cc1ccc(-c2cc(-c3nc(-c4ccccc4)nc(-c4ccccc4)n3)cc(-c3ccc(C(F)(F)F)cc3)c2-n2c3ccccc3c3cc(-c4ccccc4)ccc32)cc1. The molecule has 0 aliphatic rings. The van der Waals surface area contributed by atoms with Gasteiger partial charge in [-0.1, -0.05) is 157 Å². The Morgan fingerprint density at radius 2 is 0.833 bits per heavy atom. The lowest BCUT2D eigenvalue weighted by Crippen LogP contribution is -2.05. The topological polar surface area (TPSA) is 43.6 Å². The van der Waals surface area contributed by atoms with Crippen LogP contribution in [-0.4, -0.2) is 19.5 Å². The molecule has 2 aromatic heterocycles. The molecule has 60 heavy (non-hydrogen) atoms. The van der Waals surface area contributed by atoms with Crippen LogP contribution in [0.1, 0.15) is 11.1 Å². The molecule has 0 aliphatic carbocycles. The molecule has 0 aliphatic heterocycles. The third-order valence-electron chi connectivity index (χ3n) is 11.0. The smallest absolute Gasteiger partial charge is 0.308 e. The van der Waals surface area contributed by atoms with Crippen LogP contribution in [0.3, 0.4) is 0 Å². The highest BCUT2D eigenvalue weighted by Crippen LogP contribution is 2.45. The van der Waals surface area contributed by atoms with Crippen molar-refractivity contribution in [2.24, 2.45) is 0 Å². The first-order valence-corrected chi connectivity index (χ1v) is 19.7. The van der Waals surface area contributed by atoms with Crippen molar-refractivity contribution >= 4 is 21.8 Å². The zero-order valence-corrected chi connectivity index (χ0v) is 32.4. The molecule has 0 amide bonds. The van der Waals surface area contributed by atoms with Crippen LogP contribution in [0.4, 0.5) is 13.2 Å². The highest BCUT2D eigenvalue weighted by molar-refractivity contribution is 6.12. The van der Waals surface area contributed by atoms with Crippen molar-refractivity contribution in [1.82, 2.24) is 19.5 Å². The predicted octanol–water partition coefficient (Wildman–Crippen LogP) is 14.3. The van der Waals surface area contributed by atoms with E-state index in [4.69, 9.17) is 15.0 Å². The lowest BCUT2D eigenvalue weighted by molar-refractivity contribution is -0.137. The Labute approximate surface area is 344 Å². The summed E-state index contributed by atoms with van der Waals surface area (Å²) >= 11 is 0. The van der Waals surface area contributed by atoms with Gasteiger partial charge in [0, 0.05) is 38.6 Å². The number of aryl methyl sites for hydroxylation is 1. The maximum Gasteiger partial charge on any atom is 0.416 e. The summed E-state index contributed by atoms with van der Waals surface area (Å²) in [7, 11) is 0. The summed E-state index contributed by atoms with van der Waals surface area (Å²) in [4.78, 5) is 15.1. The fourth-order valence-electron chi connectivity index (χ4n) is 7.98. The molecular formula is C53H35F3N4. The fourth-order valence-corrected chi connectivity index (χ4v) is 7.98. The minimum atomic E-state index is -4.49. The molecule has 0 N–H and O–H groups in total. The molecular weight excluding hydrogens is 750 g/mol. The van der Waals surface area contributed by atoms with Gasteiger partial charge in [0.05, 0.1) is 22.3 Å². The Morgan fingerprint density at radius 1 is 0.383 bits per heavy atom. The van der Waals surface area contributed by atoms with Crippen LogP contribution in [0.15, 0.2) is 194 Å². The number of fused-ring (bicyclic) bond motifs is 3. The molecule has 7 heteroatoms. The van der Waals surface area contributed by atoms with E-state index in [0.29, 0.717) is 28.6 Å². The number of nitrogens with zero attached hydrogens (tertiary/aromatic N) is 4. The maximum absolute atomic E-state index is 14.1. The van der Waals surface area contributed by atoms with Gasteiger partial charge in [-0.25, -0.2) is 15.0 Å². The summed E-state index contributed by atoms with van der Waals surface area (Å²) in [5.41, 5.74) is 10.8. The number of hydrogen-bond acceptors (Lipinski definition) is 3. The number of hydrogen-bond donors (Lipinski definition) is 0. The number of rotatable bonds is 7. The number of benzene rings is 8. The quantitative estimate of drug-likeness (QED) is 0.162. The second-order valence-corrected chi connectivity index (χ2v) is 14.8. The molecule has 10 aromatic rings. The Morgan fingerprint density at radius 3 is 1.38 bits per heavy atom. The average molecular weight is 785 g/mol. The van der Waals surface area contributed by atoms with Crippen molar-refractivity contribution in [2.75, 3.05) is 0 Å². The first-order chi connectivity index (χ1) is 29.3. The van der Waals surface area contributed by atoms with Gasteiger partial charge in [-0.05, 0) is 71.6 Å². The van der Waals surface area contributed by atoms with Gasteiger partial charge in [-0.3, -0.25) is 0 Å². The molecule has 0 bridgehead atoms. The summed E-state index contributed by atoms with van der Waals surface area (Å²) < 4.78 is 44.4. The minimum Gasteiger partial charge on any atom is -0.308 e. The average Bonchev–Trinajstić information content (AvgIpc) is 3.62. The van der Waals surface area contributed by atoms with E-state index in [1.807, 2.05) is 104 Å². The van der Waals surface area contributed by atoms with E-state index in [2.05, 4.69) is 77.4 Å². The molecule has 2 heterocycles. The van der Waals surface area contributed by atoms with E-state index in [9.17, 15) is 13.2 Å². The normalized spacial score (nSPS) is 11.7. The molecule has 4 nitrogen and oxygen atoms in total. The van der Waals surface area contributed by atoms with Crippen molar-refractivity contribution in [2.45, 2.75) is 13.1 Å². The molecule has 0 radical (unpaired) electrons. The molecule has 0 unspecified atom stereocenters. The van der Waals surface area contributed by atoms with Gasteiger partial charge >= 0.3 is 6.18 Å². The van der Waals surface area contributed by atoms with E-state index >= 15 is 0 Å².